The Kier molecular flexibility index (Phi) is 8.40. The number of hydrogen-bond acceptors (Lipinski definition) is 3. The maximum atomic E-state index is 8.63. The van der Waals surface area contributed by atoms with Gasteiger partial charge in [0, 0.05) is 23.6 Å². The zero-order valence-corrected chi connectivity index (χ0v) is 12.7. The Labute approximate surface area is 121 Å². The summed E-state index contributed by atoms with van der Waals surface area (Å²) >= 11 is 1.97. The first-order chi connectivity index (χ1) is 9.30. The van der Waals surface area contributed by atoms with Crippen molar-refractivity contribution >= 4 is 11.8 Å². The number of benzene rings is 1. The van der Waals surface area contributed by atoms with Crippen molar-refractivity contribution in [1.29, 1.82) is 0 Å². The fraction of sp³-hybridized carbons (Fsp3) is 0.500. The predicted octanol–water partition coefficient (Wildman–Crippen LogP) is 2.61. The third-order valence-electron chi connectivity index (χ3n) is 2.98. The molecule has 1 aromatic rings. The standard InChI is InChI=1S/C16H23NOS/c1-3-17(4-2)11-13-19-14-16-9-7-15(8-10-16)6-5-12-18/h7-10,18H,3-4,11-14H2,1-2H3. The fourth-order valence-corrected chi connectivity index (χ4v) is 2.71. The van der Waals surface area contributed by atoms with Gasteiger partial charge in [-0.1, -0.05) is 37.8 Å². The number of aliphatic hydroxyl groups is 1. The third kappa shape index (κ3) is 6.68. The summed E-state index contributed by atoms with van der Waals surface area (Å²) in [4.78, 5) is 2.45. The summed E-state index contributed by atoms with van der Waals surface area (Å²) in [5.74, 6) is 7.79. The summed E-state index contributed by atoms with van der Waals surface area (Å²) in [5.41, 5.74) is 2.30. The smallest absolute Gasteiger partial charge is 0.104 e. The summed E-state index contributed by atoms with van der Waals surface area (Å²) in [7, 11) is 0. The van der Waals surface area contributed by atoms with Crippen LogP contribution in [0.4, 0.5) is 0 Å². The topological polar surface area (TPSA) is 23.5 Å². The van der Waals surface area contributed by atoms with Gasteiger partial charge in [0.15, 0.2) is 0 Å². The Hall–Kier alpha value is -0.950. The molecular weight excluding hydrogens is 254 g/mol. The van der Waals surface area contributed by atoms with Crippen LogP contribution in [0, 0.1) is 11.8 Å². The van der Waals surface area contributed by atoms with Crippen LogP contribution >= 0.6 is 11.8 Å². The molecule has 104 valence electrons. The van der Waals surface area contributed by atoms with Gasteiger partial charge in [-0.2, -0.15) is 11.8 Å². The van der Waals surface area contributed by atoms with Gasteiger partial charge in [-0.25, -0.2) is 0 Å². The molecular formula is C16H23NOS. The first-order valence-electron chi connectivity index (χ1n) is 6.78. The van der Waals surface area contributed by atoms with Gasteiger partial charge < -0.3 is 10.0 Å². The fourth-order valence-electron chi connectivity index (χ4n) is 1.75. The van der Waals surface area contributed by atoms with Crippen LogP contribution in [0.25, 0.3) is 0 Å². The maximum Gasteiger partial charge on any atom is 0.104 e. The number of rotatable bonds is 7. The van der Waals surface area contributed by atoms with E-state index in [1.54, 1.807) is 0 Å². The maximum absolute atomic E-state index is 8.63. The molecule has 1 N–H and O–H groups in total. The van der Waals surface area contributed by atoms with E-state index in [0.717, 1.165) is 31.0 Å². The largest absolute Gasteiger partial charge is 0.384 e. The minimum atomic E-state index is -0.0804. The Morgan fingerprint density at radius 2 is 1.84 bits per heavy atom. The molecule has 3 heteroatoms. The van der Waals surface area contributed by atoms with Crippen molar-refractivity contribution in [2.45, 2.75) is 19.6 Å². The summed E-state index contributed by atoms with van der Waals surface area (Å²) < 4.78 is 0. The van der Waals surface area contributed by atoms with Crippen LogP contribution in [0.2, 0.25) is 0 Å². The Balaban J connectivity index is 2.30. The number of aliphatic hydroxyl groups excluding tert-OH is 1. The Morgan fingerprint density at radius 3 is 2.42 bits per heavy atom. The lowest BCUT2D eigenvalue weighted by Crippen LogP contribution is -2.25. The molecule has 1 rings (SSSR count). The van der Waals surface area contributed by atoms with Gasteiger partial charge in [0.1, 0.15) is 6.61 Å². The zero-order valence-electron chi connectivity index (χ0n) is 11.9. The Bertz CT molecular complexity index is 401. The molecule has 0 aliphatic heterocycles. The van der Waals surface area contributed by atoms with Crippen LogP contribution in [0.3, 0.4) is 0 Å². The SMILES string of the molecule is CCN(CC)CCSCc1ccc(C#CCO)cc1. The van der Waals surface area contributed by atoms with E-state index in [4.69, 9.17) is 5.11 Å². The third-order valence-corrected chi connectivity index (χ3v) is 3.99. The van der Waals surface area contributed by atoms with Gasteiger partial charge in [0.2, 0.25) is 0 Å². The second-order valence-electron chi connectivity index (χ2n) is 4.24. The van der Waals surface area contributed by atoms with Crippen LogP contribution in [-0.2, 0) is 5.75 Å². The summed E-state index contributed by atoms with van der Waals surface area (Å²) in [6, 6.07) is 8.27. The van der Waals surface area contributed by atoms with Gasteiger partial charge >= 0.3 is 0 Å². The molecule has 2 nitrogen and oxygen atoms in total. The normalized spacial score (nSPS) is 10.3. The predicted molar refractivity (Wildman–Crippen MR) is 84.4 cm³/mol. The molecule has 0 saturated heterocycles. The zero-order chi connectivity index (χ0) is 13.9. The van der Waals surface area contributed by atoms with E-state index in [0.29, 0.717) is 0 Å². The summed E-state index contributed by atoms with van der Waals surface area (Å²) in [5, 5.41) is 8.63. The number of thioether (sulfide) groups is 1. The average Bonchev–Trinajstić information content (AvgIpc) is 2.46. The molecule has 0 aromatic heterocycles. The first-order valence-corrected chi connectivity index (χ1v) is 7.94. The van der Waals surface area contributed by atoms with Gasteiger partial charge in [0.25, 0.3) is 0 Å². The molecule has 0 fully saturated rings. The van der Waals surface area contributed by atoms with Crippen molar-refractivity contribution < 1.29 is 5.11 Å². The van der Waals surface area contributed by atoms with E-state index in [1.807, 2.05) is 23.9 Å². The molecule has 0 heterocycles. The summed E-state index contributed by atoms with van der Waals surface area (Å²) in [6.45, 7) is 7.77. The second kappa shape index (κ2) is 9.91. The molecule has 19 heavy (non-hydrogen) atoms. The van der Waals surface area contributed by atoms with Gasteiger partial charge in [-0.15, -0.1) is 0 Å². The quantitative estimate of drug-likeness (QED) is 0.612. The molecule has 0 aliphatic carbocycles. The van der Waals surface area contributed by atoms with Gasteiger partial charge in [-0.3, -0.25) is 0 Å². The highest BCUT2D eigenvalue weighted by Gasteiger charge is 1.99. The lowest BCUT2D eigenvalue weighted by Gasteiger charge is -2.17. The molecule has 0 saturated carbocycles. The first kappa shape index (κ1) is 16.1. The van der Waals surface area contributed by atoms with Crippen LogP contribution < -0.4 is 0 Å². The minimum absolute atomic E-state index is 0.0804. The van der Waals surface area contributed by atoms with E-state index < -0.39 is 0 Å². The molecule has 0 radical (unpaired) electrons. The molecule has 1 aromatic carbocycles. The minimum Gasteiger partial charge on any atom is -0.384 e. The van der Waals surface area contributed by atoms with Crippen molar-refractivity contribution in [2.24, 2.45) is 0 Å². The van der Waals surface area contributed by atoms with E-state index >= 15 is 0 Å². The molecule has 0 spiro atoms. The van der Waals surface area contributed by atoms with E-state index in [2.05, 4.69) is 42.7 Å². The highest BCUT2D eigenvalue weighted by molar-refractivity contribution is 7.98. The number of nitrogens with zero attached hydrogens (tertiary/aromatic N) is 1. The van der Waals surface area contributed by atoms with Crippen LogP contribution in [0.1, 0.15) is 25.0 Å². The van der Waals surface area contributed by atoms with Crippen molar-refractivity contribution in [2.75, 3.05) is 32.0 Å². The van der Waals surface area contributed by atoms with Crippen LogP contribution in [-0.4, -0.2) is 42.0 Å². The van der Waals surface area contributed by atoms with Crippen molar-refractivity contribution in [3.63, 3.8) is 0 Å². The molecule has 0 atom stereocenters. The summed E-state index contributed by atoms with van der Waals surface area (Å²) in [6.07, 6.45) is 0. The molecule has 0 amide bonds. The lowest BCUT2D eigenvalue weighted by atomic mass is 10.1. The van der Waals surface area contributed by atoms with E-state index in [1.165, 1.54) is 11.3 Å². The van der Waals surface area contributed by atoms with Crippen LogP contribution in [0.5, 0.6) is 0 Å². The average molecular weight is 277 g/mol. The van der Waals surface area contributed by atoms with Crippen LogP contribution in [0.15, 0.2) is 24.3 Å². The highest BCUT2D eigenvalue weighted by Crippen LogP contribution is 2.13. The van der Waals surface area contributed by atoms with Gasteiger partial charge in [0.05, 0.1) is 0 Å². The van der Waals surface area contributed by atoms with Gasteiger partial charge in [-0.05, 0) is 30.8 Å². The monoisotopic (exact) mass is 277 g/mol. The molecule has 0 unspecified atom stereocenters. The van der Waals surface area contributed by atoms with E-state index in [-0.39, 0.29) is 6.61 Å². The molecule has 0 bridgehead atoms. The van der Waals surface area contributed by atoms with E-state index in [9.17, 15) is 0 Å². The lowest BCUT2D eigenvalue weighted by molar-refractivity contribution is 0.324. The number of hydrogen-bond donors (Lipinski definition) is 1. The van der Waals surface area contributed by atoms with Crippen molar-refractivity contribution in [3.8, 4) is 11.8 Å². The molecule has 0 aliphatic rings. The Morgan fingerprint density at radius 1 is 1.16 bits per heavy atom. The van der Waals surface area contributed by atoms with Crippen molar-refractivity contribution in [3.05, 3.63) is 35.4 Å². The highest BCUT2D eigenvalue weighted by atomic mass is 32.2. The van der Waals surface area contributed by atoms with Crippen molar-refractivity contribution in [1.82, 2.24) is 4.90 Å². The second-order valence-corrected chi connectivity index (χ2v) is 5.34.